The number of rotatable bonds is 12. The van der Waals surface area contributed by atoms with Crippen molar-refractivity contribution in [2.24, 2.45) is 0 Å². The van der Waals surface area contributed by atoms with Crippen molar-refractivity contribution >= 4 is 62.3 Å². The molecule has 1 atom stereocenters. The summed E-state index contributed by atoms with van der Waals surface area (Å²) in [6.45, 7) is 5.05. The Hall–Kier alpha value is -3.56. The molecule has 45 heavy (non-hydrogen) atoms. The van der Waals surface area contributed by atoms with E-state index in [0.29, 0.717) is 32.7 Å². The smallest absolute Gasteiger partial charge is 0.264 e. The van der Waals surface area contributed by atoms with Crippen LogP contribution in [0.1, 0.15) is 29.2 Å². The summed E-state index contributed by atoms with van der Waals surface area (Å²) in [4.78, 5) is 29.5. The molecule has 0 aliphatic rings. The number of anilines is 1. The van der Waals surface area contributed by atoms with Gasteiger partial charge in [0.25, 0.3) is 10.0 Å². The maximum Gasteiger partial charge on any atom is 0.264 e. The molecule has 4 aromatic rings. The Morgan fingerprint density at radius 2 is 1.49 bits per heavy atom. The van der Waals surface area contributed by atoms with Crippen molar-refractivity contribution in [1.82, 2.24) is 10.2 Å². The minimum Gasteiger partial charge on any atom is -0.355 e. The molecule has 11 heteroatoms. The Morgan fingerprint density at radius 3 is 2.11 bits per heavy atom. The molecule has 1 N–H and O–H groups in total. The summed E-state index contributed by atoms with van der Waals surface area (Å²) in [5.41, 5.74) is 3.10. The minimum absolute atomic E-state index is 0.0205. The van der Waals surface area contributed by atoms with Gasteiger partial charge in [-0.15, -0.1) is 0 Å². The van der Waals surface area contributed by atoms with E-state index in [1.165, 1.54) is 17.0 Å². The van der Waals surface area contributed by atoms with E-state index in [9.17, 15) is 18.0 Å². The number of nitrogens with zero attached hydrogens (tertiary/aromatic N) is 2. The van der Waals surface area contributed by atoms with E-state index >= 15 is 0 Å². The van der Waals surface area contributed by atoms with E-state index in [1.54, 1.807) is 62.4 Å². The zero-order valence-electron chi connectivity index (χ0n) is 25.1. The molecular formula is C34H34Cl3N3O4S. The van der Waals surface area contributed by atoms with Gasteiger partial charge in [-0.1, -0.05) is 88.9 Å². The van der Waals surface area contributed by atoms with Gasteiger partial charge in [0, 0.05) is 34.6 Å². The summed E-state index contributed by atoms with van der Waals surface area (Å²) < 4.78 is 29.5. The molecular weight excluding hydrogens is 653 g/mol. The number of hydrogen-bond donors (Lipinski definition) is 1. The molecule has 0 saturated heterocycles. The summed E-state index contributed by atoms with van der Waals surface area (Å²) in [7, 11) is -4.24. The number of aryl methyl sites for hydroxylation is 2. The topological polar surface area (TPSA) is 86.8 Å². The number of likely N-dealkylation sites (N-methyl/N-ethyl adjacent to an activating group) is 1. The first-order valence-corrected chi connectivity index (χ1v) is 16.9. The first-order chi connectivity index (χ1) is 21.4. The van der Waals surface area contributed by atoms with Gasteiger partial charge >= 0.3 is 0 Å². The monoisotopic (exact) mass is 685 g/mol. The molecule has 0 radical (unpaired) electrons. The Morgan fingerprint density at radius 1 is 0.844 bits per heavy atom. The van der Waals surface area contributed by atoms with Crippen LogP contribution in [-0.4, -0.2) is 44.3 Å². The third-order valence-electron chi connectivity index (χ3n) is 7.29. The fraction of sp³-hybridized carbons (Fsp3) is 0.235. The average Bonchev–Trinajstić information content (AvgIpc) is 2.99. The molecule has 7 nitrogen and oxygen atoms in total. The van der Waals surface area contributed by atoms with E-state index in [2.05, 4.69) is 5.32 Å². The highest BCUT2D eigenvalue weighted by Crippen LogP contribution is 2.30. The maximum absolute atomic E-state index is 14.5. The lowest BCUT2D eigenvalue weighted by Crippen LogP contribution is -2.53. The molecule has 0 saturated carbocycles. The molecule has 0 bridgehead atoms. The van der Waals surface area contributed by atoms with Crippen LogP contribution in [0.2, 0.25) is 15.1 Å². The van der Waals surface area contributed by atoms with E-state index in [0.717, 1.165) is 15.4 Å². The number of amides is 2. The molecule has 236 valence electrons. The molecule has 4 rings (SSSR count). The van der Waals surface area contributed by atoms with Crippen LogP contribution in [0, 0.1) is 13.8 Å². The predicted molar refractivity (Wildman–Crippen MR) is 182 cm³/mol. The fourth-order valence-electron chi connectivity index (χ4n) is 4.93. The van der Waals surface area contributed by atoms with Crippen LogP contribution in [0.4, 0.5) is 5.69 Å². The van der Waals surface area contributed by atoms with Gasteiger partial charge in [0.1, 0.15) is 12.6 Å². The van der Waals surface area contributed by atoms with Gasteiger partial charge in [0.2, 0.25) is 11.8 Å². The summed E-state index contributed by atoms with van der Waals surface area (Å²) in [5, 5.41) is 3.99. The number of benzene rings is 4. The second kappa shape index (κ2) is 15.1. The van der Waals surface area contributed by atoms with E-state index in [4.69, 9.17) is 34.8 Å². The van der Waals surface area contributed by atoms with Crippen LogP contribution in [-0.2, 0) is 32.6 Å². The molecule has 0 heterocycles. The average molecular weight is 687 g/mol. The summed E-state index contributed by atoms with van der Waals surface area (Å²) in [6.07, 6.45) is 0.189. The standard InChI is InChI=1S/C34H34Cl3N3O4S/c1-4-38-34(42)32(19-25-8-6-5-7-9-25)39(21-26-12-13-28(36)20-30(26)37)33(41)22-40(31-17-14-27(35)18-24(31)3)45(43,44)29-15-10-23(2)11-16-29/h5-18,20,32H,4,19,21-22H2,1-3H3,(H,38,42)/t32-/m0/s1. The maximum atomic E-state index is 14.5. The molecule has 0 aliphatic heterocycles. The van der Waals surface area contributed by atoms with Crippen LogP contribution < -0.4 is 9.62 Å². The lowest BCUT2D eigenvalue weighted by Gasteiger charge is -2.34. The van der Waals surface area contributed by atoms with Crippen LogP contribution in [0.5, 0.6) is 0 Å². The number of nitrogens with one attached hydrogen (secondary N) is 1. The van der Waals surface area contributed by atoms with Gasteiger partial charge in [0.15, 0.2) is 0 Å². The normalized spacial score (nSPS) is 12.0. The number of carbonyl (C=O) groups excluding carboxylic acids is 2. The predicted octanol–water partition coefficient (Wildman–Crippen LogP) is 7.24. The zero-order valence-corrected chi connectivity index (χ0v) is 28.2. The summed E-state index contributed by atoms with van der Waals surface area (Å²) >= 11 is 18.9. The van der Waals surface area contributed by atoms with Crippen molar-refractivity contribution in [3.63, 3.8) is 0 Å². The highest BCUT2D eigenvalue weighted by atomic mass is 35.5. The number of halogens is 3. The largest absolute Gasteiger partial charge is 0.355 e. The van der Waals surface area contributed by atoms with E-state index in [-0.39, 0.29) is 29.5 Å². The quantitative estimate of drug-likeness (QED) is 0.170. The van der Waals surface area contributed by atoms with Gasteiger partial charge in [-0.25, -0.2) is 8.42 Å². The molecule has 0 fully saturated rings. The van der Waals surface area contributed by atoms with Gasteiger partial charge in [-0.05, 0) is 79.9 Å². The third-order valence-corrected chi connectivity index (χ3v) is 9.89. The highest BCUT2D eigenvalue weighted by molar-refractivity contribution is 7.92. The molecule has 0 spiro atoms. The molecule has 2 amide bonds. The van der Waals surface area contributed by atoms with Crippen LogP contribution in [0.25, 0.3) is 0 Å². The first kappa shape index (κ1) is 34.3. The molecule has 4 aromatic carbocycles. The lowest BCUT2D eigenvalue weighted by atomic mass is 10.0. The SMILES string of the molecule is CCNC(=O)[C@H](Cc1ccccc1)N(Cc1ccc(Cl)cc1Cl)C(=O)CN(c1ccc(Cl)cc1C)S(=O)(=O)c1ccc(C)cc1. The zero-order chi connectivity index (χ0) is 32.7. The molecule has 0 aliphatic carbocycles. The fourth-order valence-corrected chi connectivity index (χ4v) is 7.10. The Labute approximate surface area is 279 Å². The lowest BCUT2D eigenvalue weighted by molar-refractivity contribution is -0.140. The van der Waals surface area contributed by atoms with Gasteiger partial charge in [-0.2, -0.15) is 0 Å². The molecule has 0 aromatic heterocycles. The number of carbonyl (C=O) groups is 2. The van der Waals surface area contributed by atoms with Gasteiger partial charge in [0.05, 0.1) is 10.6 Å². The van der Waals surface area contributed by atoms with E-state index in [1.807, 2.05) is 37.3 Å². The second-order valence-corrected chi connectivity index (χ2v) is 13.8. The van der Waals surface area contributed by atoms with Crippen molar-refractivity contribution in [3.05, 3.63) is 128 Å². The van der Waals surface area contributed by atoms with Crippen molar-refractivity contribution in [2.45, 2.75) is 44.7 Å². The number of hydrogen-bond acceptors (Lipinski definition) is 4. The first-order valence-electron chi connectivity index (χ1n) is 14.3. The third kappa shape index (κ3) is 8.58. The summed E-state index contributed by atoms with van der Waals surface area (Å²) in [6, 6.07) is 24.4. The highest BCUT2D eigenvalue weighted by Gasteiger charge is 2.35. The Bertz CT molecular complexity index is 1770. The van der Waals surface area contributed by atoms with Crippen LogP contribution >= 0.6 is 34.8 Å². The minimum atomic E-state index is -4.24. The molecule has 0 unspecified atom stereocenters. The van der Waals surface area contributed by atoms with Crippen LogP contribution in [0.3, 0.4) is 0 Å². The van der Waals surface area contributed by atoms with Crippen molar-refractivity contribution < 1.29 is 18.0 Å². The van der Waals surface area contributed by atoms with E-state index < -0.39 is 28.5 Å². The van der Waals surface area contributed by atoms with Crippen molar-refractivity contribution in [2.75, 3.05) is 17.4 Å². The van der Waals surface area contributed by atoms with Gasteiger partial charge in [-0.3, -0.25) is 13.9 Å². The van der Waals surface area contributed by atoms with Crippen molar-refractivity contribution in [1.29, 1.82) is 0 Å². The Kier molecular flexibility index (Phi) is 11.6. The Balaban J connectivity index is 1.84. The second-order valence-electron chi connectivity index (χ2n) is 10.6. The van der Waals surface area contributed by atoms with Gasteiger partial charge < -0.3 is 10.2 Å². The summed E-state index contributed by atoms with van der Waals surface area (Å²) in [5.74, 6) is -0.978. The number of sulfonamides is 1. The van der Waals surface area contributed by atoms with Crippen molar-refractivity contribution in [3.8, 4) is 0 Å². The van der Waals surface area contributed by atoms with Crippen LogP contribution in [0.15, 0.2) is 95.9 Å².